The predicted molar refractivity (Wildman–Crippen MR) is 79.1 cm³/mol. The van der Waals surface area contributed by atoms with Crippen LogP contribution in [0, 0.1) is 11.6 Å². The number of hydrogen-bond donors (Lipinski definition) is 0. The number of halogens is 2. The van der Waals surface area contributed by atoms with Gasteiger partial charge in [-0.2, -0.15) is 0 Å². The van der Waals surface area contributed by atoms with Gasteiger partial charge in [0.2, 0.25) is 0 Å². The quantitative estimate of drug-likeness (QED) is 0.446. The largest absolute Gasteiger partial charge is 0.453 e. The summed E-state index contributed by atoms with van der Waals surface area (Å²) < 4.78 is 32.7. The van der Waals surface area contributed by atoms with Crippen LogP contribution in [-0.4, -0.2) is 0 Å². The Morgan fingerprint density at radius 1 is 0.714 bits per heavy atom. The van der Waals surface area contributed by atoms with E-state index in [1.165, 1.54) is 6.07 Å². The van der Waals surface area contributed by atoms with Gasteiger partial charge in [-0.15, -0.1) is 0 Å². The lowest BCUT2D eigenvalue weighted by Crippen LogP contribution is -1.79. The number of rotatable bonds is 1. The molecule has 3 aromatic carbocycles. The normalized spacial score (nSPS) is 11.3. The highest BCUT2D eigenvalue weighted by atomic mass is 19.1. The third-order valence-corrected chi connectivity index (χ3v) is 3.60. The molecule has 0 unspecified atom stereocenters. The highest BCUT2D eigenvalue weighted by Gasteiger charge is 2.13. The molecule has 1 aromatic heterocycles. The molecule has 0 fully saturated rings. The van der Waals surface area contributed by atoms with E-state index in [1.807, 2.05) is 48.5 Å². The number of fused-ring (bicyclic) bond motifs is 3. The summed E-state index contributed by atoms with van der Waals surface area (Å²) in [6.45, 7) is 0. The molecule has 1 nitrogen and oxygen atoms in total. The van der Waals surface area contributed by atoms with Gasteiger partial charge in [-0.25, -0.2) is 8.78 Å². The van der Waals surface area contributed by atoms with E-state index >= 15 is 0 Å². The van der Waals surface area contributed by atoms with Gasteiger partial charge in [0.25, 0.3) is 0 Å². The van der Waals surface area contributed by atoms with E-state index in [9.17, 15) is 8.78 Å². The summed E-state index contributed by atoms with van der Waals surface area (Å²) in [6.07, 6.45) is 0. The highest BCUT2D eigenvalue weighted by Crippen LogP contribution is 2.33. The summed E-state index contributed by atoms with van der Waals surface area (Å²) >= 11 is 0. The van der Waals surface area contributed by atoms with Crippen molar-refractivity contribution in [3.63, 3.8) is 0 Å². The van der Waals surface area contributed by atoms with Crippen molar-refractivity contribution < 1.29 is 13.2 Å². The van der Waals surface area contributed by atoms with Crippen molar-refractivity contribution in [2.45, 2.75) is 0 Å². The van der Waals surface area contributed by atoms with Crippen LogP contribution in [0.25, 0.3) is 33.1 Å². The van der Waals surface area contributed by atoms with Crippen LogP contribution < -0.4 is 0 Å². The van der Waals surface area contributed by atoms with Gasteiger partial charge in [-0.05, 0) is 29.3 Å². The maximum Gasteiger partial charge on any atom is 0.171 e. The van der Waals surface area contributed by atoms with Crippen molar-refractivity contribution in [1.82, 2.24) is 0 Å². The Labute approximate surface area is 119 Å². The first-order chi connectivity index (χ1) is 10.2. The number of hydrogen-bond acceptors (Lipinski definition) is 1. The molecular weight excluding hydrogens is 270 g/mol. The fourth-order valence-electron chi connectivity index (χ4n) is 2.61. The molecule has 0 amide bonds. The van der Waals surface area contributed by atoms with Gasteiger partial charge < -0.3 is 4.42 Å². The van der Waals surface area contributed by atoms with Gasteiger partial charge in [0.05, 0.1) is 0 Å². The molecule has 4 rings (SSSR count). The fraction of sp³-hybridized carbons (Fsp3) is 0. The first-order valence-corrected chi connectivity index (χ1v) is 6.59. The van der Waals surface area contributed by atoms with E-state index in [-0.39, 0.29) is 5.58 Å². The summed E-state index contributed by atoms with van der Waals surface area (Å²) in [5, 5.41) is 1.17. The number of benzene rings is 3. The van der Waals surface area contributed by atoms with E-state index in [2.05, 4.69) is 0 Å². The summed E-state index contributed by atoms with van der Waals surface area (Å²) in [7, 11) is 0. The van der Waals surface area contributed by atoms with Gasteiger partial charge in [0, 0.05) is 16.8 Å². The molecule has 0 atom stereocenters. The Morgan fingerprint density at radius 3 is 2.33 bits per heavy atom. The van der Waals surface area contributed by atoms with Gasteiger partial charge in [0.15, 0.2) is 11.4 Å². The van der Waals surface area contributed by atoms with E-state index in [4.69, 9.17) is 4.42 Å². The van der Waals surface area contributed by atoms with Crippen molar-refractivity contribution in [2.75, 3.05) is 0 Å². The smallest absolute Gasteiger partial charge is 0.171 e. The monoisotopic (exact) mass is 280 g/mol. The van der Waals surface area contributed by atoms with E-state index in [0.717, 1.165) is 17.2 Å². The third kappa shape index (κ3) is 1.89. The Balaban J connectivity index is 2.01. The van der Waals surface area contributed by atoms with Gasteiger partial charge in [0.1, 0.15) is 11.4 Å². The molecule has 21 heavy (non-hydrogen) atoms. The lowest BCUT2D eigenvalue weighted by atomic mass is 10.0. The Kier molecular flexibility index (Phi) is 2.54. The third-order valence-electron chi connectivity index (χ3n) is 3.60. The summed E-state index contributed by atoms with van der Waals surface area (Å²) in [5.41, 5.74) is 2.67. The lowest BCUT2D eigenvalue weighted by Gasteiger charge is -2.00. The minimum Gasteiger partial charge on any atom is -0.453 e. The van der Waals surface area contributed by atoms with Crippen LogP contribution in [0.2, 0.25) is 0 Å². The van der Waals surface area contributed by atoms with Crippen LogP contribution in [-0.2, 0) is 0 Å². The molecule has 0 bridgehead atoms. The van der Waals surface area contributed by atoms with Crippen molar-refractivity contribution in [3.8, 4) is 11.1 Å². The van der Waals surface area contributed by atoms with Crippen LogP contribution in [0.1, 0.15) is 0 Å². The SMILES string of the molecule is Fc1cc(F)c2oc3cc(-c4ccccc4)ccc3c2c1. The molecule has 4 aromatic rings. The molecule has 3 heteroatoms. The van der Waals surface area contributed by atoms with Gasteiger partial charge in [-0.1, -0.05) is 36.4 Å². The molecule has 0 aliphatic rings. The fourth-order valence-corrected chi connectivity index (χ4v) is 2.61. The molecule has 0 aliphatic heterocycles. The van der Waals surface area contributed by atoms with Crippen LogP contribution in [0.3, 0.4) is 0 Å². The summed E-state index contributed by atoms with van der Waals surface area (Å²) in [6, 6.07) is 17.6. The summed E-state index contributed by atoms with van der Waals surface area (Å²) in [4.78, 5) is 0. The topological polar surface area (TPSA) is 13.1 Å². The average Bonchev–Trinajstić information content (AvgIpc) is 2.86. The van der Waals surface area contributed by atoms with Crippen molar-refractivity contribution in [3.05, 3.63) is 72.3 Å². The van der Waals surface area contributed by atoms with E-state index < -0.39 is 11.6 Å². The zero-order chi connectivity index (χ0) is 14.4. The molecule has 0 spiro atoms. The molecule has 102 valence electrons. The van der Waals surface area contributed by atoms with Crippen molar-refractivity contribution >= 4 is 21.9 Å². The predicted octanol–water partition coefficient (Wildman–Crippen LogP) is 5.53. The van der Waals surface area contributed by atoms with Gasteiger partial charge in [-0.3, -0.25) is 0 Å². The second-order valence-corrected chi connectivity index (χ2v) is 4.94. The van der Waals surface area contributed by atoms with Crippen LogP contribution in [0.5, 0.6) is 0 Å². The molecule has 0 saturated carbocycles. The Hall–Kier alpha value is -2.68. The first-order valence-electron chi connectivity index (χ1n) is 6.59. The first kappa shape index (κ1) is 12.1. The molecule has 0 saturated heterocycles. The average molecular weight is 280 g/mol. The maximum atomic E-state index is 13.8. The van der Waals surface area contributed by atoms with Crippen LogP contribution >= 0.6 is 0 Å². The Morgan fingerprint density at radius 2 is 1.52 bits per heavy atom. The summed E-state index contributed by atoms with van der Waals surface area (Å²) in [5.74, 6) is -1.28. The second-order valence-electron chi connectivity index (χ2n) is 4.94. The minimum absolute atomic E-state index is 0.0941. The van der Waals surface area contributed by atoms with Gasteiger partial charge >= 0.3 is 0 Å². The molecule has 0 radical (unpaired) electrons. The zero-order valence-corrected chi connectivity index (χ0v) is 10.9. The van der Waals surface area contributed by atoms with Crippen molar-refractivity contribution in [1.29, 1.82) is 0 Å². The van der Waals surface area contributed by atoms with E-state index in [1.54, 1.807) is 0 Å². The Bertz CT molecular complexity index is 955. The van der Waals surface area contributed by atoms with E-state index in [0.29, 0.717) is 16.4 Å². The second kappa shape index (κ2) is 4.42. The van der Waals surface area contributed by atoms with Crippen molar-refractivity contribution in [2.24, 2.45) is 0 Å². The molecule has 1 heterocycles. The maximum absolute atomic E-state index is 13.8. The highest BCUT2D eigenvalue weighted by molar-refractivity contribution is 6.06. The standard InChI is InChI=1S/C18H10F2O/c19-13-9-15-14-7-6-12(11-4-2-1-3-5-11)8-17(14)21-18(15)16(20)10-13/h1-10H. The molecule has 0 aliphatic carbocycles. The van der Waals surface area contributed by atoms with Crippen LogP contribution in [0.4, 0.5) is 8.78 Å². The minimum atomic E-state index is -0.678. The lowest BCUT2D eigenvalue weighted by molar-refractivity contribution is 0.562. The zero-order valence-electron chi connectivity index (χ0n) is 10.9. The molecular formula is C18H10F2O. The molecule has 0 N–H and O–H groups in total. The number of furan rings is 1. The van der Waals surface area contributed by atoms with Crippen LogP contribution in [0.15, 0.2) is 65.1 Å².